The monoisotopic (exact) mass is 237 g/mol. The second-order valence-electron chi connectivity index (χ2n) is 5.76. The lowest BCUT2D eigenvalue weighted by Crippen LogP contribution is -2.38. The Hall–Kier alpha value is 0.0500. The Balaban J connectivity index is 1.48. The Morgan fingerprint density at radius 2 is 2.19 bits per heavy atom. The lowest BCUT2D eigenvalue weighted by atomic mass is 9.93. The van der Waals surface area contributed by atoms with Crippen LogP contribution >= 0.6 is 11.8 Å². The van der Waals surface area contributed by atoms with Gasteiger partial charge in [0.25, 0.3) is 0 Å². The highest BCUT2D eigenvalue weighted by Crippen LogP contribution is 2.43. The SMILES string of the molecule is CSC1CCCC1NCC1CC2C=CC1C2. The minimum Gasteiger partial charge on any atom is -0.313 e. The topological polar surface area (TPSA) is 12.0 Å². The standard InChI is InChI=1S/C14H23NS/c1-16-14-4-2-3-13(14)15-9-12-8-10-5-6-11(12)7-10/h5-6,10-15H,2-4,7-9H2,1H3. The molecule has 0 aromatic rings. The fraction of sp³-hybridized carbons (Fsp3) is 0.857. The summed E-state index contributed by atoms with van der Waals surface area (Å²) in [6.45, 7) is 1.27. The van der Waals surface area contributed by atoms with Crippen LogP contribution in [0.2, 0.25) is 0 Å². The molecule has 0 spiro atoms. The molecule has 0 radical (unpaired) electrons. The van der Waals surface area contributed by atoms with Crippen LogP contribution in [0.5, 0.6) is 0 Å². The van der Waals surface area contributed by atoms with Crippen molar-refractivity contribution in [2.45, 2.75) is 43.4 Å². The van der Waals surface area contributed by atoms with Gasteiger partial charge in [-0.25, -0.2) is 0 Å². The van der Waals surface area contributed by atoms with Gasteiger partial charge in [0.1, 0.15) is 0 Å². The number of hydrogen-bond acceptors (Lipinski definition) is 2. The van der Waals surface area contributed by atoms with Gasteiger partial charge in [-0.15, -0.1) is 0 Å². The molecule has 0 saturated heterocycles. The number of nitrogens with one attached hydrogen (secondary N) is 1. The van der Waals surface area contributed by atoms with E-state index in [0.717, 1.165) is 29.0 Å². The summed E-state index contributed by atoms with van der Waals surface area (Å²) in [6, 6.07) is 0.804. The van der Waals surface area contributed by atoms with Gasteiger partial charge in [-0.1, -0.05) is 18.6 Å². The van der Waals surface area contributed by atoms with Crippen molar-refractivity contribution in [3.63, 3.8) is 0 Å². The molecule has 0 heterocycles. The van der Waals surface area contributed by atoms with Gasteiger partial charge >= 0.3 is 0 Å². The van der Waals surface area contributed by atoms with Crippen molar-refractivity contribution in [2.75, 3.05) is 12.8 Å². The average molecular weight is 237 g/mol. The van der Waals surface area contributed by atoms with E-state index in [1.54, 1.807) is 0 Å². The Morgan fingerprint density at radius 1 is 1.25 bits per heavy atom. The fourth-order valence-corrected chi connectivity index (χ4v) is 4.84. The van der Waals surface area contributed by atoms with Crippen molar-refractivity contribution in [1.82, 2.24) is 5.32 Å². The minimum absolute atomic E-state index is 0.804. The van der Waals surface area contributed by atoms with Crippen molar-refractivity contribution >= 4 is 11.8 Å². The van der Waals surface area contributed by atoms with Crippen LogP contribution in [-0.2, 0) is 0 Å². The zero-order chi connectivity index (χ0) is 11.0. The molecule has 3 rings (SSSR count). The van der Waals surface area contributed by atoms with E-state index in [1.165, 1.54) is 38.6 Å². The lowest BCUT2D eigenvalue weighted by Gasteiger charge is -2.24. The lowest BCUT2D eigenvalue weighted by molar-refractivity contribution is 0.385. The van der Waals surface area contributed by atoms with Gasteiger partial charge in [0, 0.05) is 11.3 Å². The van der Waals surface area contributed by atoms with Gasteiger partial charge < -0.3 is 5.32 Å². The first-order valence-electron chi connectivity index (χ1n) is 6.81. The summed E-state index contributed by atoms with van der Waals surface area (Å²) in [6.07, 6.45) is 14.3. The van der Waals surface area contributed by atoms with Crippen molar-refractivity contribution < 1.29 is 0 Å². The van der Waals surface area contributed by atoms with Crippen LogP contribution in [0, 0.1) is 17.8 Å². The number of allylic oxidation sites excluding steroid dienone is 2. The van der Waals surface area contributed by atoms with Crippen molar-refractivity contribution in [3.05, 3.63) is 12.2 Å². The van der Waals surface area contributed by atoms with E-state index in [1.807, 2.05) is 0 Å². The summed E-state index contributed by atoms with van der Waals surface area (Å²) < 4.78 is 0. The maximum absolute atomic E-state index is 3.85. The zero-order valence-corrected chi connectivity index (χ0v) is 11.0. The second-order valence-corrected chi connectivity index (χ2v) is 6.84. The predicted octanol–water partition coefficient (Wildman–Crippen LogP) is 3.07. The summed E-state index contributed by atoms with van der Waals surface area (Å²) in [7, 11) is 0. The number of rotatable bonds is 4. The molecule has 2 fully saturated rings. The first kappa shape index (κ1) is 11.2. The van der Waals surface area contributed by atoms with Crippen LogP contribution in [-0.4, -0.2) is 24.1 Å². The highest BCUT2D eigenvalue weighted by atomic mass is 32.2. The molecule has 16 heavy (non-hydrogen) atoms. The molecule has 1 nitrogen and oxygen atoms in total. The van der Waals surface area contributed by atoms with E-state index >= 15 is 0 Å². The number of fused-ring (bicyclic) bond motifs is 2. The van der Waals surface area contributed by atoms with Crippen molar-refractivity contribution in [2.24, 2.45) is 17.8 Å². The van der Waals surface area contributed by atoms with Gasteiger partial charge in [0.2, 0.25) is 0 Å². The molecule has 2 bridgehead atoms. The molecule has 3 aliphatic carbocycles. The zero-order valence-electron chi connectivity index (χ0n) is 10.2. The van der Waals surface area contributed by atoms with Gasteiger partial charge in [-0.2, -0.15) is 11.8 Å². The van der Waals surface area contributed by atoms with Crippen LogP contribution in [0.3, 0.4) is 0 Å². The van der Waals surface area contributed by atoms with Crippen LogP contribution < -0.4 is 5.32 Å². The van der Waals surface area contributed by atoms with E-state index in [2.05, 4.69) is 35.5 Å². The molecule has 2 saturated carbocycles. The highest BCUT2D eigenvalue weighted by molar-refractivity contribution is 7.99. The van der Waals surface area contributed by atoms with E-state index in [9.17, 15) is 0 Å². The minimum atomic E-state index is 0.804. The molecule has 5 atom stereocenters. The predicted molar refractivity (Wildman–Crippen MR) is 71.8 cm³/mol. The van der Waals surface area contributed by atoms with Crippen molar-refractivity contribution in [3.8, 4) is 0 Å². The van der Waals surface area contributed by atoms with Gasteiger partial charge in [-0.05, 0) is 56.2 Å². The first-order chi connectivity index (χ1) is 7.86. The quantitative estimate of drug-likeness (QED) is 0.754. The summed E-state index contributed by atoms with van der Waals surface area (Å²) in [5.74, 6) is 2.78. The average Bonchev–Trinajstić information content (AvgIpc) is 3.01. The molecule has 0 aromatic carbocycles. The van der Waals surface area contributed by atoms with E-state index in [0.29, 0.717) is 0 Å². The Kier molecular flexibility index (Phi) is 3.30. The molecular weight excluding hydrogens is 214 g/mol. The van der Waals surface area contributed by atoms with Crippen LogP contribution in [0.4, 0.5) is 0 Å². The van der Waals surface area contributed by atoms with Gasteiger partial charge in [0.15, 0.2) is 0 Å². The number of thioether (sulfide) groups is 1. The maximum Gasteiger partial charge on any atom is 0.0198 e. The van der Waals surface area contributed by atoms with Gasteiger partial charge in [0.05, 0.1) is 0 Å². The molecule has 3 aliphatic rings. The second kappa shape index (κ2) is 4.73. The van der Waals surface area contributed by atoms with Crippen LogP contribution in [0.15, 0.2) is 12.2 Å². The Morgan fingerprint density at radius 3 is 2.88 bits per heavy atom. The largest absolute Gasteiger partial charge is 0.313 e. The van der Waals surface area contributed by atoms with Crippen LogP contribution in [0.1, 0.15) is 32.1 Å². The Labute approximate surface area is 103 Å². The Bertz CT molecular complexity index is 276. The summed E-state index contributed by atoms with van der Waals surface area (Å²) in [5, 5.41) is 4.74. The maximum atomic E-state index is 3.85. The molecule has 0 amide bonds. The molecule has 0 aromatic heterocycles. The molecule has 2 heteroatoms. The van der Waals surface area contributed by atoms with Crippen LogP contribution in [0.25, 0.3) is 0 Å². The highest BCUT2D eigenvalue weighted by Gasteiger charge is 2.36. The summed E-state index contributed by atoms with van der Waals surface area (Å²) in [4.78, 5) is 0. The smallest absolute Gasteiger partial charge is 0.0198 e. The van der Waals surface area contributed by atoms with Gasteiger partial charge in [-0.3, -0.25) is 0 Å². The van der Waals surface area contributed by atoms with E-state index < -0.39 is 0 Å². The normalized spacial score (nSPS) is 45.7. The summed E-state index contributed by atoms with van der Waals surface area (Å²) in [5.41, 5.74) is 0. The third-order valence-electron chi connectivity index (χ3n) is 4.81. The van der Waals surface area contributed by atoms with Crippen molar-refractivity contribution in [1.29, 1.82) is 0 Å². The molecular formula is C14H23NS. The summed E-state index contributed by atoms with van der Waals surface area (Å²) >= 11 is 2.06. The fourth-order valence-electron chi connectivity index (χ4n) is 3.87. The molecule has 90 valence electrons. The molecule has 5 unspecified atom stereocenters. The number of hydrogen-bond donors (Lipinski definition) is 1. The molecule has 0 aliphatic heterocycles. The third-order valence-corrected chi connectivity index (χ3v) is 5.98. The van der Waals surface area contributed by atoms with E-state index in [-0.39, 0.29) is 0 Å². The third kappa shape index (κ3) is 2.06. The molecule has 1 N–H and O–H groups in total. The first-order valence-corrected chi connectivity index (χ1v) is 8.10. The van der Waals surface area contributed by atoms with E-state index in [4.69, 9.17) is 0 Å².